The second-order valence-corrected chi connectivity index (χ2v) is 4.53. The van der Waals surface area contributed by atoms with Crippen molar-refractivity contribution in [1.29, 1.82) is 0 Å². The van der Waals surface area contributed by atoms with E-state index >= 15 is 0 Å². The third-order valence-corrected chi connectivity index (χ3v) is 3.04. The van der Waals surface area contributed by atoms with E-state index in [0.29, 0.717) is 11.6 Å². The molecule has 2 aromatic carbocycles. The van der Waals surface area contributed by atoms with Gasteiger partial charge in [0.2, 0.25) is 0 Å². The number of halogens is 2. The largest absolute Gasteiger partial charge is 0.313 e. The van der Waals surface area contributed by atoms with Gasteiger partial charge in [0, 0.05) is 11.6 Å². The van der Waals surface area contributed by atoms with Crippen LogP contribution < -0.4 is 5.32 Å². The number of benzene rings is 2. The molecule has 0 heterocycles. The van der Waals surface area contributed by atoms with Gasteiger partial charge in [0.25, 0.3) is 0 Å². The number of hydrogen-bond acceptors (Lipinski definition) is 1. The highest BCUT2D eigenvalue weighted by Gasteiger charge is 2.06. The normalized spacial score (nSPS) is 10.6. The Morgan fingerprint density at radius 2 is 1.83 bits per heavy atom. The quantitative estimate of drug-likeness (QED) is 0.869. The molecule has 18 heavy (non-hydrogen) atoms. The summed E-state index contributed by atoms with van der Waals surface area (Å²) in [4.78, 5) is 0. The zero-order valence-corrected chi connectivity index (χ0v) is 11.0. The van der Waals surface area contributed by atoms with Gasteiger partial charge in [0.1, 0.15) is 5.82 Å². The molecular weight excluding hydrogens is 249 g/mol. The minimum absolute atomic E-state index is 0.208. The molecule has 0 unspecified atom stereocenters. The predicted molar refractivity (Wildman–Crippen MR) is 74.2 cm³/mol. The summed E-state index contributed by atoms with van der Waals surface area (Å²) in [5.74, 6) is -0.208. The molecule has 0 radical (unpaired) electrons. The monoisotopic (exact) mass is 263 g/mol. The van der Waals surface area contributed by atoms with Gasteiger partial charge in [0.15, 0.2) is 0 Å². The Morgan fingerprint density at radius 3 is 2.50 bits per heavy atom. The Morgan fingerprint density at radius 1 is 1.11 bits per heavy atom. The zero-order valence-electron chi connectivity index (χ0n) is 10.2. The first-order valence-corrected chi connectivity index (χ1v) is 6.33. The van der Waals surface area contributed by atoms with E-state index < -0.39 is 0 Å². The average molecular weight is 264 g/mol. The molecule has 1 nitrogen and oxygen atoms in total. The maximum atomic E-state index is 13.3. The van der Waals surface area contributed by atoms with Crippen molar-refractivity contribution in [1.82, 2.24) is 5.32 Å². The molecule has 0 aromatic heterocycles. The van der Waals surface area contributed by atoms with Gasteiger partial charge >= 0.3 is 0 Å². The summed E-state index contributed by atoms with van der Waals surface area (Å²) < 4.78 is 13.3. The molecule has 0 atom stereocenters. The Kier molecular flexibility index (Phi) is 4.34. The van der Waals surface area contributed by atoms with Crippen LogP contribution in [-0.4, -0.2) is 6.54 Å². The lowest BCUT2D eigenvalue weighted by molar-refractivity contribution is 0.622. The van der Waals surface area contributed by atoms with Crippen molar-refractivity contribution >= 4 is 11.6 Å². The Balaban J connectivity index is 2.39. The highest BCUT2D eigenvalue weighted by atomic mass is 35.5. The minimum atomic E-state index is -0.208. The molecule has 0 saturated carbocycles. The van der Waals surface area contributed by atoms with Crippen molar-refractivity contribution in [3.63, 3.8) is 0 Å². The summed E-state index contributed by atoms with van der Waals surface area (Å²) in [6.45, 7) is 3.55. The maximum absolute atomic E-state index is 13.3. The van der Waals surface area contributed by atoms with E-state index in [0.717, 1.165) is 23.2 Å². The molecule has 0 aliphatic carbocycles. The second-order valence-electron chi connectivity index (χ2n) is 4.09. The van der Waals surface area contributed by atoms with Gasteiger partial charge in [-0.3, -0.25) is 0 Å². The first-order chi connectivity index (χ1) is 8.70. The molecule has 0 amide bonds. The van der Waals surface area contributed by atoms with E-state index in [2.05, 4.69) is 5.32 Å². The van der Waals surface area contributed by atoms with Gasteiger partial charge in [0.05, 0.1) is 0 Å². The molecule has 0 aliphatic heterocycles. The van der Waals surface area contributed by atoms with Crippen LogP contribution in [0.25, 0.3) is 11.1 Å². The number of nitrogens with one attached hydrogen (secondary N) is 1. The molecule has 3 heteroatoms. The van der Waals surface area contributed by atoms with E-state index in [9.17, 15) is 4.39 Å². The number of rotatable bonds is 4. The summed E-state index contributed by atoms with van der Waals surface area (Å²) >= 11 is 5.88. The van der Waals surface area contributed by atoms with Gasteiger partial charge in [-0.05, 0) is 47.5 Å². The lowest BCUT2D eigenvalue weighted by atomic mass is 9.99. The zero-order chi connectivity index (χ0) is 13.0. The Labute approximate surface area is 112 Å². The molecule has 1 N–H and O–H groups in total. The summed E-state index contributed by atoms with van der Waals surface area (Å²) in [5.41, 5.74) is 3.04. The van der Waals surface area contributed by atoms with Gasteiger partial charge in [-0.2, -0.15) is 0 Å². The van der Waals surface area contributed by atoms with E-state index in [1.54, 1.807) is 6.07 Å². The van der Waals surface area contributed by atoms with Crippen LogP contribution in [0.4, 0.5) is 4.39 Å². The standard InChI is InChI=1S/C15H15ClFN/c1-2-18-10-12-9-14(17)7-8-15(12)11-3-5-13(16)6-4-11/h3-9,18H,2,10H2,1H3. The van der Waals surface area contributed by atoms with Crippen LogP contribution in [-0.2, 0) is 6.54 Å². The Bertz CT molecular complexity index is 523. The SMILES string of the molecule is CCNCc1cc(F)ccc1-c1ccc(Cl)cc1. The van der Waals surface area contributed by atoms with Crippen LogP contribution >= 0.6 is 11.6 Å². The third-order valence-electron chi connectivity index (χ3n) is 2.79. The van der Waals surface area contributed by atoms with Crippen LogP contribution in [0.5, 0.6) is 0 Å². The van der Waals surface area contributed by atoms with E-state index in [4.69, 9.17) is 11.6 Å². The minimum Gasteiger partial charge on any atom is -0.313 e. The maximum Gasteiger partial charge on any atom is 0.123 e. The molecule has 0 aliphatic rings. The second kappa shape index (κ2) is 5.98. The first-order valence-electron chi connectivity index (χ1n) is 5.96. The van der Waals surface area contributed by atoms with Crippen LogP contribution in [0.3, 0.4) is 0 Å². The summed E-state index contributed by atoms with van der Waals surface area (Å²) in [5, 5.41) is 3.92. The van der Waals surface area contributed by atoms with Gasteiger partial charge in [-0.15, -0.1) is 0 Å². The lowest BCUT2D eigenvalue weighted by Gasteiger charge is -2.10. The van der Waals surface area contributed by atoms with Crippen molar-refractivity contribution < 1.29 is 4.39 Å². The van der Waals surface area contributed by atoms with Gasteiger partial charge in [-0.25, -0.2) is 4.39 Å². The van der Waals surface area contributed by atoms with E-state index in [1.807, 2.05) is 37.3 Å². The predicted octanol–water partition coefficient (Wildman–Crippen LogP) is 4.26. The highest BCUT2D eigenvalue weighted by molar-refractivity contribution is 6.30. The summed E-state index contributed by atoms with van der Waals surface area (Å²) in [7, 11) is 0. The summed E-state index contributed by atoms with van der Waals surface area (Å²) in [6.07, 6.45) is 0. The smallest absolute Gasteiger partial charge is 0.123 e. The topological polar surface area (TPSA) is 12.0 Å². The molecule has 0 saturated heterocycles. The molecule has 0 bridgehead atoms. The highest BCUT2D eigenvalue weighted by Crippen LogP contribution is 2.26. The molecule has 0 fully saturated rings. The van der Waals surface area contributed by atoms with Crippen molar-refractivity contribution in [3.8, 4) is 11.1 Å². The number of hydrogen-bond donors (Lipinski definition) is 1. The van der Waals surface area contributed by atoms with Gasteiger partial charge in [-0.1, -0.05) is 36.7 Å². The molecule has 2 aromatic rings. The average Bonchev–Trinajstić information content (AvgIpc) is 2.38. The molecule has 0 spiro atoms. The molecular formula is C15H15ClFN. The van der Waals surface area contributed by atoms with Crippen molar-refractivity contribution in [2.45, 2.75) is 13.5 Å². The van der Waals surface area contributed by atoms with Crippen molar-refractivity contribution in [2.75, 3.05) is 6.54 Å². The fourth-order valence-corrected chi connectivity index (χ4v) is 2.01. The van der Waals surface area contributed by atoms with Crippen LogP contribution in [0, 0.1) is 5.82 Å². The fraction of sp³-hybridized carbons (Fsp3) is 0.200. The Hall–Kier alpha value is -1.38. The van der Waals surface area contributed by atoms with E-state index in [1.165, 1.54) is 6.07 Å². The van der Waals surface area contributed by atoms with Crippen molar-refractivity contribution in [2.24, 2.45) is 0 Å². The fourth-order valence-electron chi connectivity index (χ4n) is 1.88. The first kappa shape index (κ1) is 13.1. The van der Waals surface area contributed by atoms with E-state index in [-0.39, 0.29) is 5.82 Å². The molecule has 94 valence electrons. The van der Waals surface area contributed by atoms with Crippen molar-refractivity contribution in [3.05, 3.63) is 58.9 Å². The molecule has 2 rings (SSSR count). The summed E-state index contributed by atoms with van der Waals surface area (Å²) in [6, 6.07) is 12.5. The third kappa shape index (κ3) is 3.09. The van der Waals surface area contributed by atoms with Crippen LogP contribution in [0.1, 0.15) is 12.5 Å². The van der Waals surface area contributed by atoms with Crippen LogP contribution in [0.15, 0.2) is 42.5 Å². The lowest BCUT2D eigenvalue weighted by Crippen LogP contribution is -2.12. The van der Waals surface area contributed by atoms with Gasteiger partial charge < -0.3 is 5.32 Å². The van der Waals surface area contributed by atoms with Crippen LogP contribution in [0.2, 0.25) is 5.02 Å².